The van der Waals surface area contributed by atoms with Gasteiger partial charge in [0, 0.05) is 10.3 Å². The molecule has 0 radical (unpaired) electrons. The van der Waals surface area contributed by atoms with Crippen LogP contribution in [-0.4, -0.2) is 13.8 Å². The zero-order valence-electron chi connectivity index (χ0n) is 5.73. The highest BCUT2D eigenvalue weighted by molar-refractivity contribution is 7.65. The highest BCUT2D eigenvalue weighted by Gasteiger charge is 2.15. The van der Waals surface area contributed by atoms with E-state index in [2.05, 4.69) is 19.6 Å². The van der Waals surface area contributed by atoms with Gasteiger partial charge in [0.1, 0.15) is 0 Å². The Hall–Kier alpha value is 0.237. The van der Waals surface area contributed by atoms with Crippen molar-refractivity contribution in [2.45, 2.75) is 25.7 Å². The molecule has 0 amide bonds. The SMILES string of the molecule is C[Si](C)(C)CC[S+]=O. The van der Waals surface area contributed by atoms with Crippen molar-refractivity contribution in [3.63, 3.8) is 0 Å². The van der Waals surface area contributed by atoms with Crippen LogP contribution in [0.15, 0.2) is 0 Å². The van der Waals surface area contributed by atoms with Gasteiger partial charge in [-0.15, -0.1) is 0 Å². The van der Waals surface area contributed by atoms with Crippen LogP contribution in [0.4, 0.5) is 0 Å². The lowest BCUT2D eigenvalue weighted by molar-refractivity contribution is 0.605. The van der Waals surface area contributed by atoms with Crippen LogP contribution in [-0.2, 0) is 15.9 Å². The average molecular weight is 149 g/mol. The third-order valence-corrected chi connectivity index (χ3v) is 3.42. The van der Waals surface area contributed by atoms with E-state index in [0.717, 1.165) is 11.8 Å². The second kappa shape index (κ2) is 3.30. The first kappa shape index (κ1) is 8.24. The average Bonchev–Trinajstić information content (AvgIpc) is 1.59. The number of rotatable bonds is 3. The van der Waals surface area contributed by atoms with Crippen LogP contribution in [0.3, 0.4) is 0 Å². The van der Waals surface area contributed by atoms with E-state index in [1.54, 1.807) is 0 Å². The van der Waals surface area contributed by atoms with E-state index >= 15 is 0 Å². The van der Waals surface area contributed by atoms with Gasteiger partial charge in [0.2, 0.25) is 5.75 Å². The Bertz CT molecular complexity index is 77.0. The monoisotopic (exact) mass is 149 g/mol. The van der Waals surface area contributed by atoms with Crippen LogP contribution in [0.2, 0.25) is 25.7 Å². The van der Waals surface area contributed by atoms with Crippen molar-refractivity contribution in [1.82, 2.24) is 0 Å². The second-order valence-corrected chi connectivity index (χ2v) is 9.40. The van der Waals surface area contributed by atoms with Gasteiger partial charge in [-0.2, -0.15) is 0 Å². The number of hydrogen-bond donors (Lipinski definition) is 0. The Morgan fingerprint density at radius 3 is 2.00 bits per heavy atom. The first-order valence-electron chi connectivity index (χ1n) is 2.81. The third kappa shape index (κ3) is 6.24. The largest absolute Gasteiger partial charge is 0.458 e. The lowest BCUT2D eigenvalue weighted by Gasteiger charge is -2.08. The summed E-state index contributed by atoms with van der Waals surface area (Å²) in [6, 6.07) is 1.15. The zero-order chi connectivity index (χ0) is 6.62. The summed E-state index contributed by atoms with van der Waals surface area (Å²) in [5.74, 6) is 0.801. The van der Waals surface area contributed by atoms with Crippen LogP contribution >= 0.6 is 0 Å². The summed E-state index contributed by atoms with van der Waals surface area (Å²) < 4.78 is 9.92. The molecule has 1 nitrogen and oxygen atoms in total. The van der Waals surface area contributed by atoms with Crippen molar-refractivity contribution in [3.8, 4) is 0 Å². The van der Waals surface area contributed by atoms with Crippen LogP contribution in [0.25, 0.3) is 0 Å². The lowest BCUT2D eigenvalue weighted by atomic mass is 11.0. The Balaban J connectivity index is 3.24. The molecule has 0 aliphatic carbocycles. The van der Waals surface area contributed by atoms with Crippen LogP contribution in [0.1, 0.15) is 0 Å². The minimum absolute atomic E-state index is 0.713. The molecule has 3 heteroatoms. The van der Waals surface area contributed by atoms with Gasteiger partial charge in [0.15, 0.2) is 0 Å². The molecule has 0 atom stereocenters. The van der Waals surface area contributed by atoms with Crippen molar-refractivity contribution in [1.29, 1.82) is 0 Å². The fourth-order valence-electron chi connectivity index (χ4n) is 0.348. The Kier molecular flexibility index (Phi) is 3.40. The lowest BCUT2D eigenvalue weighted by Crippen LogP contribution is -2.20. The van der Waals surface area contributed by atoms with Crippen LogP contribution < -0.4 is 0 Å². The molecule has 0 aromatic carbocycles. The quantitative estimate of drug-likeness (QED) is 0.441. The molecule has 0 rings (SSSR count). The topological polar surface area (TPSA) is 17.1 Å². The number of hydrogen-bond acceptors (Lipinski definition) is 1. The van der Waals surface area contributed by atoms with E-state index in [1.165, 1.54) is 0 Å². The molecule has 0 aliphatic rings. The summed E-state index contributed by atoms with van der Waals surface area (Å²) in [5.41, 5.74) is 0. The first-order chi connectivity index (χ1) is 3.56. The molecule has 0 N–H and O–H groups in total. The van der Waals surface area contributed by atoms with Gasteiger partial charge in [-0.05, 0) is 0 Å². The van der Waals surface area contributed by atoms with Crippen molar-refractivity contribution < 1.29 is 4.21 Å². The van der Waals surface area contributed by atoms with Crippen LogP contribution in [0.5, 0.6) is 0 Å². The smallest absolute Gasteiger partial charge is 0.0694 e. The summed E-state index contributed by atoms with van der Waals surface area (Å²) in [7, 11) is -0.899. The van der Waals surface area contributed by atoms with Crippen molar-refractivity contribution in [2.75, 3.05) is 5.75 Å². The van der Waals surface area contributed by atoms with Gasteiger partial charge in [0.05, 0.1) is 8.07 Å². The van der Waals surface area contributed by atoms with Crippen molar-refractivity contribution in [3.05, 3.63) is 0 Å². The maximum Gasteiger partial charge on any atom is 0.458 e. The Labute approximate surface area is 56.0 Å². The molecule has 0 aromatic rings. The summed E-state index contributed by atoms with van der Waals surface area (Å²) in [6.07, 6.45) is 0. The predicted molar refractivity (Wildman–Crippen MR) is 41.1 cm³/mol. The molecule has 0 heterocycles. The molecule has 0 fully saturated rings. The van der Waals surface area contributed by atoms with Crippen LogP contribution in [0, 0.1) is 0 Å². The van der Waals surface area contributed by atoms with Gasteiger partial charge in [0.25, 0.3) is 0 Å². The first-order valence-corrected chi connectivity index (χ1v) is 7.43. The van der Waals surface area contributed by atoms with E-state index in [1.807, 2.05) is 0 Å². The molecule has 8 heavy (non-hydrogen) atoms. The fraction of sp³-hybridized carbons (Fsp3) is 1.00. The Morgan fingerprint density at radius 2 is 1.88 bits per heavy atom. The molecule has 0 saturated carbocycles. The molecule has 0 aliphatic heterocycles. The zero-order valence-corrected chi connectivity index (χ0v) is 7.55. The minimum Gasteiger partial charge on any atom is -0.0694 e. The maximum absolute atomic E-state index is 9.92. The third-order valence-electron chi connectivity index (χ3n) is 0.935. The maximum atomic E-state index is 9.92. The molecular weight excluding hydrogens is 136 g/mol. The van der Waals surface area contributed by atoms with E-state index in [9.17, 15) is 4.21 Å². The van der Waals surface area contributed by atoms with E-state index in [0.29, 0.717) is 11.7 Å². The minimum atomic E-state index is -0.899. The Morgan fingerprint density at radius 1 is 1.38 bits per heavy atom. The van der Waals surface area contributed by atoms with E-state index in [4.69, 9.17) is 0 Å². The van der Waals surface area contributed by atoms with Gasteiger partial charge < -0.3 is 0 Å². The van der Waals surface area contributed by atoms with E-state index < -0.39 is 8.07 Å². The highest BCUT2D eigenvalue weighted by atomic mass is 32.1. The molecule has 0 aromatic heterocycles. The van der Waals surface area contributed by atoms with Crippen molar-refractivity contribution in [2.24, 2.45) is 0 Å². The highest BCUT2D eigenvalue weighted by Crippen LogP contribution is 2.06. The summed E-state index contributed by atoms with van der Waals surface area (Å²) in [4.78, 5) is 0. The summed E-state index contributed by atoms with van der Waals surface area (Å²) in [5, 5.41) is 0. The molecule has 48 valence electrons. The molecule has 0 saturated heterocycles. The molecule has 0 unspecified atom stereocenters. The fourth-order valence-corrected chi connectivity index (χ4v) is 3.13. The van der Waals surface area contributed by atoms with Gasteiger partial charge >= 0.3 is 11.7 Å². The molecular formula is C5H13OSSi+. The molecule has 0 bridgehead atoms. The molecule has 0 spiro atoms. The van der Waals surface area contributed by atoms with Gasteiger partial charge in [-0.1, -0.05) is 19.6 Å². The summed E-state index contributed by atoms with van der Waals surface area (Å²) in [6.45, 7) is 6.84. The standard InChI is InChI=1S/C5H13OSSi/c1-8(2,3)5-4-7-6/h4-5H2,1-3H3/q+1. The summed E-state index contributed by atoms with van der Waals surface area (Å²) >= 11 is 0.713. The van der Waals surface area contributed by atoms with Gasteiger partial charge in [-0.3, -0.25) is 0 Å². The van der Waals surface area contributed by atoms with E-state index in [-0.39, 0.29) is 0 Å². The normalized spacial score (nSPS) is 11.4. The second-order valence-electron chi connectivity index (χ2n) is 3.13. The van der Waals surface area contributed by atoms with Gasteiger partial charge in [-0.25, -0.2) is 0 Å². The van der Waals surface area contributed by atoms with Crippen molar-refractivity contribution >= 4 is 19.7 Å². The predicted octanol–water partition coefficient (Wildman–Crippen LogP) is 1.75.